The number of ether oxygens (including phenoxy) is 2. The number of hydrogen-bond acceptors (Lipinski definition) is 7. The number of hydrogen-bond donors (Lipinski definition) is 0. The third-order valence-electron chi connectivity index (χ3n) is 4.57. The molecule has 1 atom stereocenters. The summed E-state index contributed by atoms with van der Waals surface area (Å²) in [6.45, 7) is 1.50. The lowest BCUT2D eigenvalue weighted by Gasteiger charge is -2.24. The second kappa shape index (κ2) is 9.29. The van der Waals surface area contributed by atoms with E-state index in [0.717, 1.165) is 24.9 Å². The fraction of sp³-hybridized carbons (Fsp3) is 0.350. The van der Waals surface area contributed by atoms with Crippen molar-refractivity contribution < 1.29 is 24.0 Å². The zero-order chi connectivity index (χ0) is 19.9. The van der Waals surface area contributed by atoms with E-state index in [2.05, 4.69) is 4.74 Å². The van der Waals surface area contributed by atoms with Gasteiger partial charge in [-0.2, -0.15) is 5.06 Å². The molecule has 0 N–H and O–H groups in total. The Balaban J connectivity index is 1.62. The number of nitro benzene ring substituents is 1. The minimum atomic E-state index is -0.633. The van der Waals surface area contributed by atoms with Gasteiger partial charge in [-0.05, 0) is 30.5 Å². The van der Waals surface area contributed by atoms with Crippen molar-refractivity contribution in [3.63, 3.8) is 0 Å². The average molecular weight is 386 g/mol. The van der Waals surface area contributed by atoms with Gasteiger partial charge in [0.05, 0.1) is 30.2 Å². The smallest absolute Gasteiger partial charge is 0.338 e. The molecule has 0 aromatic heterocycles. The topological polar surface area (TPSA) is 91.1 Å². The van der Waals surface area contributed by atoms with Gasteiger partial charge < -0.3 is 9.47 Å². The van der Waals surface area contributed by atoms with E-state index in [9.17, 15) is 14.9 Å². The number of hydroxylamine groups is 2. The first-order valence-electron chi connectivity index (χ1n) is 9.01. The number of nitro groups is 1. The minimum absolute atomic E-state index is 0.00333. The van der Waals surface area contributed by atoms with Gasteiger partial charge in [0.2, 0.25) is 0 Å². The van der Waals surface area contributed by atoms with Gasteiger partial charge in [0, 0.05) is 12.6 Å². The predicted octanol–water partition coefficient (Wildman–Crippen LogP) is 3.36. The van der Waals surface area contributed by atoms with Crippen LogP contribution in [0.2, 0.25) is 0 Å². The van der Waals surface area contributed by atoms with Crippen LogP contribution in [0.25, 0.3) is 0 Å². The molecule has 1 aliphatic rings. The van der Waals surface area contributed by atoms with E-state index in [1.165, 1.54) is 25.3 Å². The molecule has 0 amide bonds. The Morgan fingerprint density at radius 1 is 1.25 bits per heavy atom. The van der Waals surface area contributed by atoms with Gasteiger partial charge in [-0.3, -0.25) is 15.0 Å². The van der Waals surface area contributed by atoms with Crippen molar-refractivity contribution in [2.24, 2.45) is 0 Å². The first-order valence-corrected chi connectivity index (χ1v) is 9.01. The molecular formula is C20H22N2O6. The fourth-order valence-electron chi connectivity index (χ4n) is 3.09. The van der Waals surface area contributed by atoms with Gasteiger partial charge >= 0.3 is 11.7 Å². The molecule has 8 nitrogen and oxygen atoms in total. The van der Waals surface area contributed by atoms with E-state index in [-0.39, 0.29) is 29.6 Å². The highest BCUT2D eigenvalue weighted by Crippen LogP contribution is 2.29. The number of benzene rings is 2. The molecular weight excluding hydrogens is 364 g/mol. The summed E-state index contributed by atoms with van der Waals surface area (Å²) in [5, 5.41) is 13.2. The zero-order valence-corrected chi connectivity index (χ0v) is 15.6. The molecule has 0 spiro atoms. The monoisotopic (exact) mass is 386 g/mol. The predicted molar refractivity (Wildman–Crippen MR) is 101 cm³/mol. The molecule has 2 aromatic carbocycles. The molecule has 2 aromatic rings. The van der Waals surface area contributed by atoms with E-state index in [0.29, 0.717) is 6.61 Å². The van der Waals surface area contributed by atoms with Crippen LogP contribution >= 0.6 is 0 Å². The van der Waals surface area contributed by atoms with Gasteiger partial charge in [-0.1, -0.05) is 30.3 Å². The van der Waals surface area contributed by atoms with Crippen LogP contribution in [0.5, 0.6) is 5.75 Å². The van der Waals surface area contributed by atoms with Gasteiger partial charge in [-0.15, -0.1) is 0 Å². The Bertz CT molecular complexity index is 827. The van der Waals surface area contributed by atoms with Crippen LogP contribution in [-0.4, -0.2) is 42.3 Å². The molecule has 28 heavy (non-hydrogen) atoms. The third-order valence-corrected chi connectivity index (χ3v) is 4.57. The quantitative estimate of drug-likeness (QED) is 0.390. The molecule has 0 aliphatic carbocycles. The van der Waals surface area contributed by atoms with Gasteiger partial charge in [0.15, 0.2) is 5.75 Å². The van der Waals surface area contributed by atoms with Crippen molar-refractivity contribution in [2.45, 2.75) is 25.5 Å². The lowest BCUT2D eigenvalue weighted by Crippen LogP contribution is -2.34. The first kappa shape index (κ1) is 19.8. The van der Waals surface area contributed by atoms with E-state index in [4.69, 9.17) is 9.57 Å². The highest BCUT2D eigenvalue weighted by Gasteiger charge is 2.27. The molecule has 0 saturated carbocycles. The number of nitrogens with zero attached hydrogens (tertiary/aromatic N) is 2. The normalized spacial score (nSPS) is 16.7. The van der Waals surface area contributed by atoms with Gasteiger partial charge in [-0.25, -0.2) is 4.79 Å². The molecule has 1 unspecified atom stereocenters. The van der Waals surface area contributed by atoms with E-state index < -0.39 is 10.9 Å². The summed E-state index contributed by atoms with van der Waals surface area (Å²) in [6.07, 6.45) is 1.84. The van der Waals surface area contributed by atoms with Crippen molar-refractivity contribution in [3.8, 4) is 5.75 Å². The molecule has 1 fully saturated rings. The average Bonchev–Trinajstić information content (AvgIpc) is 3.18. The van der Waals surface area contributed by atoms with Crippen molar-refractivity contribution >= 4 is 11.7 Å². The van der Waals surface area contributed by atoms with Gasteiger partial charge in [0.1, 0.15) is 6.61 Å². The Morgan fingerprint density at radius 3 is 2.75 bits per heavy atom. The number of methoxy groups -OCH3 is 1. The molecule has 0 radical (unpaired) electrons. The second-order valence-corrected chi connectivity index (χ2v) is 6.44. The van der Waals surface area contributed by atoms with Crippen molar-refractivity contribution in [1.29, 1.82) is 0 Å². The summed E-state index contributed by atoms with van der Waals surface area (Å²) in [4.78, 5) is 28.3. The number of rotatable bonds is 8. The summed E-state index contributed by atoms with van der Waals surface area (Å²) in [6, 6.07) is 13.9. The molecule has 3 rings (SSSR count). The number of carbonyl (C=O) groups excluding carboxylic acids is 1. The maximum Gasteiger partial charge on any atom is 0.338 e. The Morgan fingerprint density at radius 2 is 2.04 bits per heavy atom. The first-order chi connectivity index (χ1) is 13.6. The maximum atomic E-state index is 11.6. The highest BCUT2D eigenvalue weighted by atomic mass is 16.7. The van der Waals surface area contributed by atoms with Crippen molar-refractivity contribution in [2.75, 3.05) is 20.3 Å². The molecule has 0 bridgehead atoms. The second-order valence-electron chi connectivity index (χ2n) is 6.44. The molecule has 1 saturated heterocycles. The summed E-state index contributed by atoms with van der Waals surface area (Å²) < 4.78 is 10.3. The lowest BCUT2D eigenvalue weighted by molar-refractivity contribution is -0.386. The minimum Gasteiger partial charge on any atom is -0.485 e. The van der Waals surface area contributed by atoms with Crippen LogP contribution in [0.4, 0.5) is 5.69 Å². The molecule has 1 heterocycles. The van der Waals surface area contributed by atoms with Gasteiger partial charge in [0.25, 0.3) is 0 Å². The largest absolute Gasteiger partial charge is 0.485 e. The third kappa shape index (κ3) is 4.85. The Kier molecular flexibility index (Phi) is 6.57. The van der Waals surface area contributed by atoms with E-state index in [1.807, 2.05) is 35.4 Å². The Hall–Kier alpha value is -2.97. The highest BCUT2D eigenvalue weighted by molar-refractivity contribution is 5.90. The van der Waals surface area contributed by atoms with Crippen LogP contribution in [0.1, 0.15) is 28.8 Å². The zero-order valence-electron chi connectivity index (χ0n) is 15.6. The lowest BCUT2D eigenvalue weighted by atomic mass is 10.2. The van der Waals surface area contributed by atoms with Crippen molar-refractivity contribution in [1.82, 2.24) is 5.06 Å². The van der Waals surface area contributed by atoms with E-state index >= 15 is 0 Å². The number of carbonyl (C=O) groups is 1. The molecule has 1 aliphatic heterocycles. The van der Waals surface area contributed by atoms with Crippen LogP contribution in [0, 0.1) is 10.1 Å². The van der Waals surface area contributed by atoms with Crippen LogP contribution < -0.4 is 4.74 Å². The van der Waals surface area contributed by atoms with Crippen molar-refractivity contribution in [3.05, 3.63) is 69.8 Å². The standard InChI is InChI=1S/C20H22N2O6/c1-26-20(23)16-9-10-19(18(12-16)22(24)25)27-14-17-8-5-11-21(17)28-13-15-6-3-2-4-7-15/h2-4,6-7,9-10,12,17H,5,8,11,13-14H2,1H3. The van der Waals surface area contributed by atoms with Crippen LogP contribution in [0.3, 0.4) is 0 Å². The summed E-state index contributed by atoms with van der Waals surface area (Å²) >= 11 is 0. The van der Waals surface area contributed by atoms with Crippen LogP contribution in [0.15, 0.2) is 48.5 Å². The number of esters is 1. The maximum absolute atomic E-state index is 11.6. The molecule has 148 valence electrons. The summed E-state index contributed by atoms with van der Waals surface area (Å²) in [5.41, 5.74) is 0.913. The van der Waals surface area contributed by atoms with Crippen LogP contribution in [-0.2, 0) is 16.2 Å². The Labute approximate surface area is 162 Å². The summed E-state index contributed by atoms with van der Waals surface area (Å²) in [5.74, 6) is -0.515. The summed E-state index contributed by atoms with van der Waals surface area (Å²) in [7, 11) is 1.22. The van der Waals surface area contributed by atoms with E-state index in [1.54, 1.807) is 0 Å². The SMILES string of the molecule is COC(=O)c1ccc(OCC2CCCN2OCc2ccccc2)c([N+](=O)[O-])c1. The fourth-order valence-corrected chi connectivity index (χ4v) is 3.09. The molecule has 8 heteroatoms.